The molecule has 0 radical (unpaired) electrons. The number of carbonyl (C=O) groups excluding carboxylic acids is 1. The maximum atomic E-state index is 13.1. The highest BCUT2D eigenvalue weighted by Gasteiger charge is 2.18. The van der Waals surface area contributed by atoms with Crippen LogP contribution >= 0.6 is 0 Å². The van der Waals surface area contributed by atoms with Gasteiger partial charge in [0.2, 0.25) is 5.95 Å². The van der Waals surface area contributed by atoms with Gasteiger partial charge in [-0.1, -0.05) is 29.8 Å². The second-order valence-electron chi connectivity index (χ2n) is 6.79. The first kappa shape index (κ1) is 19.3. The molecule has 0 aliphatic heterocycles. The number of aryl methyl sites for hydroxylation is 1. The summed E-state index contributed by atoms with van der Waals surface area (Å²) in [6.45, 7) is 2.46. The van der Waals surface area contributed by atoms with Crippen LogP contribution in [-0.2, 0) is 6.54 Å². The van der Waals surface area contributed by atoms with Crippen molar-refractivity contribution in [2.45, 2.75) is 13.5 Å². The first-order valence-electron chi connectivity index (χ1n) is 9.49. The van der Waals surface area contributed by atoms with E-state index in [1.54, 1.807) is 31.6 Å². The number of hydrogen-bond acceptors (Lipinski definition) is 6. The Balaban J connectivity index is 1.65. The predicted molar refractivity (Wildman–Crippen MR) is 114 cm³/mol. The molecule has 2 heterocycles. The third-order valence-electron chi connectivity index (χ3n) is 4.63. The first-order chi connectivity index (χ1) is 14.6. The highest BCUT2D eigenvalue weighted by atomic mass is 16.5. The Labute approximate surface area is 174 Å². The average Bonchev–Trinajstić information content (AvgIpc) is 3.23. The van der Waals surface area contributed by atoms with Crippen molar-refractivity contribution >= 4 is 11.9 Å². The fourth-order valence-corrected chi connectivity index (χ4v) is 2.93. The van der Waals surface area contributed by atoms with Crippen LogP contribution in [0.5, 0.6) is 5.75 Å². The molecule has 2 aromatic heterocycles. The number of methoxy groups -OCH3 is 1. The SMILES string of the molecule is COc1ccc(CNc2nc(-c3cccnc3)nn2C(=O)c2ccc(C)cc2)cc1. The van der Waals surface area contributed by atoms with Crippen molar-refractivity contribution in [1.29, 1.82) is 0 Å². The highest BCUT2D eigenvalue weighted by Crippen LogP contribution is 2.19. The van der Waals surface area contributed by atoms with Gasteiger partial charge in [-0.3, -0.25) is 9.78 Å². The number of anilines is 1. The Hall–Kier alpha value is -4.00. The van der Waals surface area contributed by atoms with Gasteiger partial charge in [0.25, 0.3) is 5.91 Å². The van der Waals surface area contributed by atoms with Crippen LogP contribution in [0.1, 0.15) is 21.5 Å². The number of aromatic nitrogens is 4. The molecule has 4 rings (SSSR count). The van der Waals surface area contributed by atoms with Gasteiger partial charge in [0, 0.05) is 30.1 Å². The van der Waals surface area contributed by atoms with E-state index >= 15 is 0 Å². The molecule has 7 nitrogen and oxygen atoms in total. The van der Waals surface area contributed by atoms with Gasteiger partial charge in [-0.15, -0.1) is 5.10 Å². The highest BCUT2D eigenvalue weighted by molar-refractivity contribution is 5.97. The molecule has 0 bridgehead atoms. The van der Waals surface area contributed by atoms with Gasteiger partial charge in [-0.2, -0.15) is 9.67 Å². The average molecular weight is 399 g/mol. The molecule has 0 fully saturated rings. The van der Waals surface area contributed by atoms with Crippen LogP contribution in [0.4, 0.5) is 5.95 Å². The van der Waals surface area contributed by atoms with Crippen molar-refractivity contribution in [3.8, 4) is 17.1 Å². The lowest BCUT2D eigenvalue weighted by molar-refractivity contribution is 0.0947. The molecule has 0 aliphatic carbocycles. The molecular weight excluding hydrogens is 378 g/mol. The lowest BCUT2D eigenvalue weighted by Crippen LogP contribution is -2.17. The third-order valence-corrected chi connectivity index (χ3v) is 4.63. The molecule has 0 saturated carbocycles. The van der Waals surface area contributed by atoms with Gasteiger partial charge in [0.05, 0.1) is 7.11 Å². The number of nitrogens with one attached hydrogen (secondary N) is 1. The molecule has 0 amide bonds. The van der Waals surface area contributed by atoms with Crippen molar-refractivity contribution in [2.75, 3.05) is 12.4 Å². The van der Waals surface area contributed by atoms with E-state index < -0.39 is 0 Å². The molecule has 0 saturated heterocycles. The molecule has 0 unspecified atom stereocenters. The van der Waals surface area contributed by atoms with E-state index in [1.165, 1.54) is 4.68 Å². The van der Waals surface area contributed by atoms with Gasteiger partial charge in [-0.05, 0) is 48.9 Å². The van der Waals surface area contributed by atoms with Gasteiger partial charge in [0.15, 0.2) is 5.82 Å². The smallest absolute Gasteiger partial charge is 0.281 e. The molecule has 0 spiro atoms. The van der Waals surface area contributed by atoms with E-state index in [-0.39, 0.29) is 5.91 Å². The van der Waals surface area contributed by atoms with Crippen LogP contribution in [-0.4, -0.2) is 32.8 Å². The standard InChI is InChI=1S/C23H21N5O2/c1-16-5-9-18(10-6-16)22(29)28-23(25-14-17-7-11-20(30-2)12-8-17)26-21(27-28)19-4-3-13-24-15-19/h3-13,15H,14H2,1-2H3,(H,25,26,27). The number of pyridine rings is 1. The summed E-state index contributed by atoms with van der Waals surface area (Å²) in [5.41, 5.74) is 3.38. The number of hydrogen-bond donors (Lipinski definition) is 1. The summed E-state index contributed by atoms with van der Waals surface area (Å²) in [5, 5.41) is 7.68. The topological polar surface area (TPSA) is 81.9 Å². The number of carbonyl (C=O) groups is 1. The Morgan fingerprint density at radius 1 is 1.07 bits per heavy atom. The number of rotatable bonds is 6. The largest absolute Gasteiger partial charge is 0.497 e. The summed E-state index contributed by atoms with van der Waals surface area (Å²) in [6.07, 6.45) is 3.35. The second-order valence-corrected chi connectivity index (χ2v) is 6.79. The van der Waals surface area contributed by atoms with Gasteiger partial charge >= 0.3 is 0 Å². The quantitative estimate of drug-likeness (QED) is 0.529. The number of ether oxygens (including phenoxy) is 1. The van der Waals surface area contributed by atoms with Crippen LogP contribution in [0.3, 0.4) is 0 Å². The van der Waals surface area contributed by atoms with E-state index in [4.69, 9.17) is 4.74 Å². The van der Waals surface area contributed by atoms with E-state index in [1.807, 2.05) is 55.5 Å². The van der Waals surface area contributed by atoms with Gasteiger partial charge in [-0.25, -0.2) is 0 Å². The second kappa shape index (κ2) is 8.57. The van der Waals surface area contributed by atoms with Crippen molar-refractivity contribution < 1.29 is 9.53 Å². The molecular formula is C23H21N5O2. The molecule has 4 aromatic rings. The Morgan fingerprint density at radius 2 is 1.83 bits per heavy atom. The maximum Gasteiger partial charge on any atom is 0.281 e. The lowest BCUT2D eigenvalue weighted by Gasteiger charge is -2.08. The van der Waals surface area contributed by atoms with Crippen LogP contribution in [0.15, 0.2) is 73.1 Å². The molecule has 150 valence electrons. The molecule has 2 aromatic carbocycles. The minimum absolute atomic E-state index is 0.255. The summed E-state index contributed by atoms with van der Waals surface area (Å²) in [5.74, 6) is 1.33. The van der Waals surface area contributed by atoms with E-state index in [0.29, 0.717) is 23.9 Å². The zero-order valence-electron chi connectivity index (χ0n) is 16.7. The number of nitrogens with zero attached hydrogens (tertiary/aromatic N) is 4. The molecule has 0 aliphatic rings. The summed E-state index contributed by atoms with van der Waals surface area (Å²) < 4.78 is 6.50. The fraction of sp³-hybridized carbons (Fsp3) is 0.130. The monoisotopic (exact) mass is 399 g/mol. The molecule has 7 heteroatoms. The Kier molecular flexibility index (Phi) is 5.52. The Morgan fingerprint density at radius 3 is 2.50 bits per heavy atom. The summed E-state index contributed by atoms with van der Waals surface area (Å²) in [6, 6.07) is 18.7. The molecule has 30 heavy (non-hydrogen) atoms. The van der Waals surface area contributed by atoms with E-state index in [0.717, 1.165) is 22.4 Å². The van der Waals surface area contributed by atoms with Gasteiger partial charge < -0.3 is 10.1 Å². The molecule has 1 N–H and O–H groups in total. The Bertz CT molecular complexity index is 1140. The summed E-state index contributed by atoms with van der Waals surface area (Å²) in [7, 11) is 1.63. The molecule has 0 atom stereocenters. The summed E-state index contributed by atoms with van der Waals surface area (Å²) in [4.78, 5) is 21.8. The predicted octanol–water partition coefficient (Wildman–Crippen LogP) is 3.96. The van der Waals surface area contributed by atoms with Crippen molar-refractivity contribution in [1.82, 2.24) is 19.7 Å². The maximum absolute atomic E-state index is 13.1. The van der Waals surface area contributed by atoms with Crippen LogP contribution in [0, 0.1) is 6.92 Å². The fourth-order valence-electron chi connectivity index (χ4n) is 2.93. The van der Waals surface area contributed by atoms with Crippen LogP contribution in [0.2, 0.25) is 0 Å². The van der Waals surface area contributed by atoms with E-state index in [2.05, 4.69) is 20.4 Å². The lowest BCUT2D eigenvalue weighted by atomic mass is 10.1. The summed E-state index contributed by atoms with van der Waals surface area (Å²) >= 11 is 0. The first-order valence-corrected chi connectivity index (χ1v) is 9.49. The zero-order chi connectivity index (χ0) is 20.9. The van der Waals surface area contributed by atoms with Gasteiger partial charge in [0.1, 0.15) is 5.75 Å². The zero-order valence-corrected chi connectivity index (χ0v) is 16.7. The van der Waals surface area contributed by atoms with E-state index in [9.17, 15) is 4.79 Å². The van der Waals surface area contributed by atoms with Crippen LogP contribution in [0.25, 0.3) is 11.4 Å². The van der Waals surface area contributed by atoms with Crippen molar-refractivity contribution in [3.63, 3.8) is 0 Å². The third kappa shape index (κ3) is 4.20. The normalized spacial score (nSPS) is 10.6. The van der Waals surface area contributed by atoms with Crippen LogP contribution < -0.4 is 10.1 Å². The van der Waals surface area contributed by atoms with Crippen molar-refractivity contribution in [3.05, 3.63) is 89.7 Å². The van der Waals surface area contributed by atoms with Crippen molar-refractivity contribution in [2.24, 2.45) is 0 Å². The minimum atomic E-state index is -0.255. The number of benzene rings is 2. The minimum Gasteiger partial charge on any atom is -0.497 e.